The number of carbonyl (C=O) groups excluding carboxylic acids is 1. The molecular formula is C24H20F2N4O. The fourth-order valence-corrected chi connectivity index (χ4v) is 3.56. The maximum Gasteiger partial charge on any atom is 0.254 e. The molecule has 0 unspecified atom stereocenters. The topological polar surface area (TPSA) is 61.0 Å². The molecular weight excluding hydrogens is 398 g/mol. The van der Waals surface area contributed by atoms with Crippen molar-refractivity contribution in [3.8, 4) is 11.3 Å². The molecule has 0 saturated heterocycles. The van der Waals surface area contributed by atoms with Crippen molar-refractivity contribution in [2.45, 2.75) is 18.9 Å². The minimum Gasteiger partial charge on any atom is -0.349 e. The van der Waals surface area contributed by atoms with Gasteiger partial charge in [-0.3, -0.25) is 4.79 Å². The van der Waals surface area contributed by atoms with E-state index in [4.69, 9.17) is 0 Å². The Morgan fingerprint density at radius 1 is 1.10 bits per heavy atom. The van der Waals surface area contributed by atoms with Gasteiger partial charge in [-0.25, -0.2) is 13.8 Å². The van der Waals surface area contributed by atoms with Gasteiger partial charge in [0.25, 0.3) is 5.91 Å². The lowest BCUT2D eigenvalue weighted by Gasteiger charge is -2.21. The number of aromatic nitrogens is 2. The van der Waals surface area contributed by atoms with E-state index in [-0.39, 0.29) is 17.3 Å². The summed E-state index contributed by atoms with van der Waals surface area (Å²) in [5, 5.41) is 3.60. The number of nitrogens with zero attached hydrogens (tertiary/aromatic N) is 2. The zero-order chi connectivity index (χ0) is 21.5. The van der Waals surface area contributed by atoms with Crippen LogP contribution in [0.3, 0.4) is 0 Å². The van der Waals surface area contributed by atoms with E-state index in [1.54, 1.807) is 18.1 Å². The number of aromatic amines is 1. The number of benzene rings is 2. The smallest absolute Gasteiger partial charge is 0.254 e. The number of hydrogen-bond donors (Lipinski definition) is 2. The molecule has 1 amide bonds. The Morgan fingerprint density at radius 2 is 1.87 bits per heavy atom. The third kappa shape index (κ3) is 3.74. The van der Waals surface area contributed by atoms with Gasteiger partial charge in [0, 0.05) is 30.2 Å². The van der Waals surface area contributed by atoms with Crippen LogP contribution < -0.4 is 10.2 Å². The molecule has 0 radical (unpaired) electrons. The van der Waals surface area contributed by atoms with Gasteiger partial charge in [0.2, 0.25) is 0 Å². The van der Waals surface area contributed by atoms with Crippen LogP contribution in [0.1, 0.15) is 23.2 Å². The van der Waals surface area contributed by atoms with Crippen LogP contribution in [0, 0.1) is 11.6 Å². The van der Waals surface area contributed by atoms with E-state index in [1.165, 1.54) is 6.07 Å². The average molecular weight is 418 g/mol. The van der Waals surface area contributed by atoms with Gasteiger partial charge in [-0.2, -0.15) is 0 Å². The molecule has 2 N–H and O–H groups in total. The molecule has 2 aromatic carbocycles. The first kappa shape index (κ1) is 19.2. The number of rotatable bonds is 5. The molecule has 31 heavy (non-hydrogen) atoms. The molecule has 5 nitrogen and oxygen atoms in total. The minimum absolute atomic E-state index is 0.0807. The van der Waals surface area contributed by atoms with E-state index >= 15 is 0 Å². The van der Waals surface area contributed by atoms with Crippen LogP contribution in [-0.4, -0.2) is 29.0 Å². The third-order valence-corrected chi connectivity index (χ3v) is 5.48. The van der Waals surface area contributed by atoms with Gasteiger partial charge in [0.15, 0.2) is 0 Å². The van der Waals surface area contributed by atoms with Crippen molar-refractivity contribution in [1.29, 1.82) is 0 Å². The van der Waals surface area contributed by atoms with Crippen LogP contribution in [0.2, 0.25) is 0 Å². The van der Waals surface area contributed by atoms with Crippen molar-refractivity contribution in [3.05, 3.63) is 78.0 Å². The number of carbonyl (C=O) groups is 1. The van der Waals surface area contributed by atoms with E-state index in [2.05, 4.69) is 15.3 Å². The maximum atomic E-state index is 14.6. The van der Waals surface area contributed by atoms with Crippen LogP contribution in [0.5, 0.6) is 0 Å². The zero-order valence-electron chi connectivity index (χ0n) is 16.8. The summed E-state index contributed by atoms with van der Waals surface area (Å²) in [5.41, 5.74) is 3.21. The Morgan fingerprint density at radius 3 is 2.61 bits per heavy atom. The largest absolute Gasteiger partial charge is 0.349 e. The lowest BCUT2D eigenvalue weighted by atomic mass is 10.1. The highest BCUT2D eigenvalue weighted by atomic mass is 19.1. The summed E-state index contributed by atoms with van der Waals surface area (Å²) in [6.45, 7) is 0. The van der Waals surface area contributed by atoms with Crippen molar-refractivity contribution >= 4 is 28.3 Å². The molecule has 5 rings (SSSR count). The van der Waals surface area contributed by atoms with Gasteiger partial charge >= 0.3 is 0 Å². The van der Waals surface area contributed by atoms with Crippen LogP contribution >= 0.6 is 0 Å². The second-order valence-electron chi connectivity index (χ2n) is 7.77. The normalized spacial score (nSPS) is 13.4. The maximum absolute atomic E-state index is 14.6. The van der Waals surface area contributed by atoms with Crippen LogP contribution in [0.15, 0.2) is 60.8 Å². The predicted octanol–water partition coefficient (Wildman–Crippen LogP) is 5.17. The highest BCUT2D eigenvalue weighted by Gasteiger charge is 2.26. The first-order chi connectivity index (χ1) is 15.0. The van der Waals surface area contributed by atoms with E-state index in [0.717, 1.165) is 35.6 Å². The quantitative estimate of drug-likeness (QED) is 0.470. The standard InChI is InChI=1S/C24H20F2N4O/c1-30(22-11-18(19(25)12-20(22)26)24(31)28-16-7-8-16)17-9-15-10-21(29-23(15)27-13-17)14-5-3-2-4-6-14/h2-6,9-13,16H,7-8H2,1H3,(H,27,29)(H,28,31). The number of H-pyrrole nitrogens is 1. The van der Waals surface area contributed by atoms with Crippen molar-refractivity contribution in [2.24, 2.45) is 0 Å². The molecule has 2 heterocycles. The Balaban J connectivity index is 1.49. The fourth-order valence-electron chi connectivity index (χ4n) is 3.56. The molecule has 1 aliphatic carbocycles. The summed E-state index contributed by atoms with van der Waals surface area (Å²) in [5.74, 6) is -2.15. The van der Waals surface area contributed by atoms with Crippen LogP contribution in [0.25, 0.3) is 22.3 Å². The Hall–Kier alpha value is -3.74. The summed E-state index contributed by atoms with van der Waals surface area (Å²) in [6.07, 6.45) is 3.38. The van der Waals surface area contributed by atoms with Gasteiger partial charge in [0.1, 0.15) is 17.3 Å². The van der Waals surface area contributed by atoms with E-state index in [1.807, 2.05) is 42.5 Å². The summed E-state index contributed by atoms with van der Waals surface area (Å²) in [4.78, 5) is 21.6. The summed E-state index contributed by atoms with van der Waals surface area (Å²) in [6, 6.07) is 15.8. The second kappa shape index (κ2) is 7.50. The summed E-state index contributed by atoms with van der Waals surface area (Å²) < 4.78 is 28.9. The Bertz CT molecular complexity index is 1280. The molecule has 4 aromatic rings. The molecule has 2 aromatic heterocycles. The van der Waals surface area contributed by atoms with Crippen molar-refractivity contribution in [3.63, 3.8) is 0 Å². The monoisotopic (exact) mass is 418 g/mol. The zero-order valence-corrected chi connectivity index (χ0v) is 16.8. The fraction of sp³-hybridized carbons (Fsp3) is 0.167. The molecule has 1 fully saturated rings. The highest BCUT2D eigenvalue weighted by Crippen LogP contribution is 2.31. The first-order valence-corrected chi connectivity index (χ1v) is 10.1. The van der Waals surface area contributed by atoms with Crippen molar-refractivity contribution < 1.29 is 13.6 Å². The minimum atomic E-state index is -0.875. The molecule has 156 valence electrons. The SMILES string of the molecule is CN(c1cnc2[nH]c(-c3ccccc3)cc2c1)c1cc(C(=O)NC2CC2)c(F)cc1F. The average Bonchev–Trinajstić information content (AvgIpc) is 3.48. The van der Waals surface area contributed by atoms with E-state index < -0.39 is 17.5 Å². The molecule has 1 aliphatic rings. The molecule has 1 saturated carbocycles. The number of amides is 1. The summed E-state index contributed by atoms with van der Waals surface area (Å²) >= 11 is 0. The Labute approximate surface area is 177 Å². The molecule has 0 bridgehead atoms. The lowest BCUT2D eigenvalue weighted by molar-refractivity contribution is 0.0947. The van der Waals surface area contributed by atoms with Crippen LogP contribution in [0.4, 0.5) is 20.2 Å². The number of hydrogen-bond acceptors (Lipinski definition) is 3. The number of pyridine rings is 1. The van der Waals surface area contributed by atoms with E-state index in [9.17, 15) is 13.6 Å². The van der Waals surface area contributed by atoms with Crippen molar-refractivity contribution in [2.75, 3.05) is 11.9 Å². The number of fused-ring (bicyclic) bond motifs is 1. The van der Waals surface area contributed by atoms with Gasteiger partial charge in [0.05, 0.1) is 23.1 Å². The lowest BCUT2D eigenvalue weighted by Crippen LogP contribution is -2.27. The van der Waals surface area contributed by atoms with Gasteiger partial charge < -0.3 is 15.2 Å². The second-order valence-corrected chi connectivity index (χ2v) is 7.77. The number of nitrogens with one attached hydrogen (secondary N) is 2. The third-order valence-electron chi connectivity index (χ3n) is 5.48. The van der Waals surface area contributed by atoms with Gasteiger partial charge in [-0.05, 0) is 36.6 Å². The predicted molar refractivity (Wildman–Crippen MR) is 116 cm³/mol. The van der Waals surface area contributed by atoms with Gasteiger partial charge in [-0.15, -0.1) is 0 Å². The number of halogens is 2. The number of anilines is 2. The highest BCUT2D eigenvalue weighted by molar-refractivity contribution is 5.96. The van der Waals surface area contributed by atoms with E-state index in [0.29, 0.717) is 11.3 Å². The molecule has 7 heteroatoms. The summed E-state index contributed by atoms with van der Waals surface area (Å²) in [7, 11) is 1.66. The van der Waals surface area contributed by atoms with Crippen molar-refractivity contribution in [1.82, 2.24) is 15.3 Å². The molecule has 0 aliphatic heterocycles. The first-order valence-electron chi connectivity index (χ1n) is 10.1. The molecule has 0 atom stereocenters. The molecule has 0 spiro atoms. The van der Waals surface area contributed by atoms with Crippen LogP contribution in [-0.2, 0) is 0 Å². The van der Waals surface area contributed by atoms with Gasteiger partial charge in [-0.1, -0.05) is 30.3 Å². The Kier molecular flexibility index (Phi) is 4.66.